The number of nitrogens with zero attached hydrogens (tertiary/aromatic N) is 2. The van der Waals surface area contributed by atoms with Crippen LogP contribution in [0.25, 0.3) is 11.0 Å². The average molecular weight is 517 g/mol. The minimum absolute atomic E-state index is 0.0737. The summed E-state index contributed by atoms with van der Waals surface area (Å²) in [6.45, 7) is 14.8. The van der Waals surface area contributed by atoms with Crippen molar-refractivity contribution in [3.8, 4) is 0 Å². The van der Waals surface area contributed by atoms with E-state index in [0.717, 1.165) is 17.5 Å². The van der Waals surface area contributed by atoms with E-state index in [1.165, 1.54) is 6.26 Å². The first-order valence-electron chi connectivity index (χ1n) is 13.2. The van der Waals surface area contributed by atoms with E-state index in [-0.39, 0.29) is 48.2 Å². The Kier molecular flexibility index (Phi) is 9.67. The quantitative estimate of drug-likeness (QED) is 0.289. The maximum atomic E-state index is 13.7. The molecule has 0 spiro atoms. The third-order valence-electron chi connectivity index (χ3n) is 6.44. The number of hydrogen-bond donors (Lipinski definition) is 0. The van der Waals surface area contributed by atoms with Crippen molar-refractivity contribution in [2.75, 3.05) is 13.1 Å². The van der Waals surface area contributed by atoms with Crippen LogP contribution < -0.4 is 5.43 Å². The van der Waals surface area contributed by atoms with Crippen LogP contribution in [0.5, 0.6) is 0 Å². The molecule has 0 aliphatic rings. The fourth-order valence-corrected chi connectivity index (χ4v) is 4.85. The van der Waals surface area contributed by atoms with Gasteiger partial charge in [-0.15, -0.1) is 6.58 Å². The van der Waals surface area contributed by atoms with Gasteiger partial charge in [0.15, 0.2) is 5.43 Å². The molecule has 1 unspecified atom stereocenters. The molecule has 0 N–H and O–H groups in total. The summed E-state index contributed by atoms with van der Waals surface area (Å²) in [5.74, 6) is -0.123. The van der Waals surface area contributed by atoms with Crippen LogP contribution in [0.3, 0.4) is 0 Å². The summed E-state index contributed by atoms with van der Waals surface area (Å²) in [7, 11) is 0. The highest BCUT2D eigenvalue weighted by Gasteiger charge is 2.25. The molecule has 0 aliphatic heterocycles. The summed E-state index contributed by atoms with van der Waals surface area (Å²) in [5, 5.41) is 0.492. The van der Waals surface area contributed by atoms with Gasteiger partial charge in [0.25, 0.3) is 0 Å². The van der Waals surface area contributed by atoms with Gasteiger partial charge >= 0.3 is 0 Å². The second-order valence-electron chi connectivity index (χ2n) is 11.5. The Balaban J connectivity index is 1.85. The highest BCUT2D eigenvalue weighted by Crippen LogP contribution is 2.26. The largest absolute Gasteiger partial charge is 0.464 e. The van der Waals surface area contributed by atoms with Crippen molar-refractivity contribution < 1.29 is 14.0 Å². The topological polar surface area (TPSA) is 70.8 Å². The molecule has 0 fully saturated rings. The van der Waals surface area contributed by atoms with Gasteiger partial charge in [-0.1, -0.05) is 75.7 Å². The molecule has 6 heteroatoms. The van der Waals surface area contributed by atoms with E-state index in [1.807, 2.05) is 43.3 Å². The molecule has 1 heterocycles. The third-order valence-corrected chi connectivity index (χ3v) is 6.44. The van der Waals surface area contributed by atoms with Crippen molar-refractivity contribution in [2.24, 2.45) is 11.3 Å². The van der Waals surface area contributed by atoms with Crippen molar-refractivity contribution in [3.63, 3.8) is 0 Å². The molecule has 3 rings (SSSR count). The Bertz CT molecular complexity index is 1320. The first-order chi connectivity index (χ1) is 18.0. The van der Waals surface area contributed by atoms with Crippen LogP contribution in [-0.2, 0) is 22.7 Å². The van der Waals surface area contributed by atoms with Crippen molar-refractivity contribution >= 4 is 22.8 Å². The number of carbonyl (C=O) groups excluding carboxylic acids is 2. The van der Waals surface area contributed by atoms with Crippen molar-refractivity contribution in [2.45, 2.75) is 60.5 Å². The maximum absolute atomic E-state index is 13.7. The molecule has 1 atom stereocenters. The number of aryl methyl sites for hydroxylation is 1. The normalized spacial score (nSPS) is 12.2. The van der Waals surface area contributed by atoms with E-state index >= 15 is 0 Å². The Morgan fingerprint density at radius 1 is 1.03 bits per heavy atom. The lowest BCUT2D eigenvalue weighted by atomic mass is 9.84. The maximum Gasteiger partial charge on any atom is 0.242 e. The summed E-state index contributed by atoms with van der Waals surface area (Å²) in [6.07, 6.45) is 4.35. The van der Waals surface area contributed by atoms with Gasteiger partial charge in [0.2, 0.25) is 11.8 Å². The van der Waals surface area contributed by atoms with Gasteiger partial charge in [-0.2, -0.15) is 0 Å². The number of fused-ring (bicyclic) bond motifs is 1. The molecular weight excluding hydrogens is 476 g/mol. The fraction of sp³-hybridized carbons (Fsp3) is 0.406. The predicted octanol–water partition coefficient (Wildman–Crippen LogP) is 6.11. The predicted molar refractivity (Wildman–Crippen MR) is 153 cm³/mol. The van der Waals surface area contributed by atoms with Gasteiger partial charge < -0.3 is 14.2 Å². The van der Waals surface area contributed by atoms with E-state index in [0.29, 0.717) is 29.5 Å². The van der Waals surface area contributed by atoms with Crippen LogP contribution >= 0.6 is 0 Å². The second kappa shape index (κ2) is 12.7. The molecule has 0 aliphatic carbocycles. The van der Waals surface area contributed by atoms with E-state index in [2.05, 4.69) is 34.3 Å². The van der Waals surface area contributed by atoms with E-state index < -0.39 is 0 Å². The monoisotopic (exact) mass is 516 g/mol. The van der Waals surface area contributed by atoms with Gasteiger partial charge in [0, 0.05) is 19.5 Å². The summed E-state index contributed by atoms with van der Waals surface area (Å²) in [5.41, 5.74) is 2.76. The smallest absolute Gasteiger partial charge is 0.242 e. The highest BCUT2D eigenvalue weighted by molar-refractivity contribution is 5.85. The Morgan fingerprint density at radius 2 is 1.74 bits per heavy atom. The Morgan fingerprint density at radius 3 is 2.39 bits per heavy atom. The van der Waals surface area contributed by atoms with Crippen molar-refractivity contribution in [1.29, 1.82) is 0 Å². The van der Waals surface area contributed by atoms with Gasteiger partial charge in [0.05, 0.1) is 23.8 Å². The Hall–Kier alpha value is -3.67. The summed E-state index contributed by atoms with van der Waals surface area (Å²) in [6, 6.07) is 15.1. The van der Waals surface area contributed by atoms with Crippen LogP contribution in [0, 0.1) is 18.3 Å². The van der Waals surface area contributed by atoms with Crippen molar-refractivity contribution in [1.82, 2.24) is 9.80 Å². The number of rotatable bonds is 11. The number of benzene rings is 2. The van der Waals surface area contributed by atoms with Gasteiger partial charge in [-0.3, -0.25) is 14.4 Å². The lowest BCUT2D eigenvalue weighted by molar-refractivity contribution is -0.141. The third kappa shape index (κ3) is 8.17. The fourth-order valence-electron chi connectivity index (χ4n) is 4.85. The van der Waals surface area contributed by atoms with Gasteiger partial charge in [0.1, 0.15) is 12.1 Å². The molecule has 0 radical (unpaired) electrons. The SMILES string of the molecule is C=CCN(CC(=O)N(Cc1ccccc1)Cc1coc2ccc(C)cc2c1=O)C(=O)CC(C)CC(C)(C)C. The van der Waals surface area contributed by atoms with E-state index in [9.17, 15) is 14.4 Å². The summed E-state index contributed by atoms with van der Waals surface area (Å²) in [4.78, 5) is 43.3. The molecule has 38 heavy (non-hydrogen) atoms. The molecule has 202 valence electrons. The second-order valence-corrected chi connectivity index (χ2v) is 11.5. The van der Waals surface area contributed by atoms with Crippen LogP contribution in [0.2, 0.25) is 0 Å². The Labute approximate surface area is 225 Å². The number of hydrogen-bond acceptors (Lipinski definition) is 4. The molecule has 0 saturated carbocycles. The number of carbonyl (C=O) groups is 2. The molecule has 2 amide bonds. The van der Waals surface area contributed by atoms with Gasteiger partial charge in [-0.25, -0.2) is 0 Å². The van der Waals surface area contributed by atoms with Crippen molar-refractivity contribution in [3.05, 3.63) is 94.4 Å². The first kappa shape index (κ1) is 28.9. The van der Waals surface area contributed by atoms with E-state index in [4.69, 9.17) is 4.42 Å². The van der Waals surface area contributed by atoms with Gasteiger partial charge in [-0.05, 0) is 42.4 Å². The lowest BCUT2D eigenvalue weighted by Crippen LogP contribution is -2.43. The average Bonchev–Trinajstić information content (AvgIpc) is 2.84. The van der Waals surface area contributed by atoms with E-state index in [1.54, 1.807) is 28.0 Å². The zero-order chi connectivity index (χ0) is 27.9. The number of amides is 2. The lowest BCUT2D eigenvalue weighted by Gasteiger charge is -2.29. The standard InChI is InChI=1S/C32H40N2O4/c1-7-15-33(29(35)17-24(3)18-32(4,5)6)21-30(36)34(19-25-11-9-8-10-12-25)20-26-22-38-28-14-13-23(2)16-27(28)31(26)37/h7-14,16,22,24H,1,15,17-21H2,2-6H3. The zero-order valence-electron chi connectivity index (χ0n) is 23.3. The van der Waals surface area contributed by atoms with Crippen LogP contribution in [-0.4, -0.2) is 34.7 Å². The molecule has 1 aromatic heterocycles. The molecule has 3 aromatic rings. The summed E-state index contributed by atoms with van der Waals surface area (Å²) < 4.78 is 5.74. The first-order valence-corrected chi connectivity index (χ1v) is 13.2. The molecular formula is C32H40N2O4. The minimum Gasteiger partial charge on any atom is -0.464 e. The molecule has 6 nitrogen and oxygen atoms in total. The minimum atomic E-state index is -0.240. The zero-order valence-corrected chi connectivity index (χ0v) is 23.3. The van der Waals surface area contributed by atoms with Crippen LogP contribution in [0.4, 0.5) is 0 Å². The molecule has 2 aromatic carbocycles. The van der Waals surface area contributed by atoms with Crippen LogP contribution in [0.1, 0.15) is 57.2 Å². The highest BCUT2D eigenvalue weighted by atomic mass is 16.3. The summed E-state index contributed by atoms with van der Waals surface area (Å²) >= 11 is 0. The molecule has 0 bridgehead atoms. The molecule has 0 saturated heterocycles. The van der Waals surface area contributed by atoms with Crippen LogP contribution in [0.15, 0.2) is 76.7 Å².